The SMILES string of the molecule is CCC(=O)N1c2ccc(S(=O)(=O)N[C@@H]3CCCc4ccccc43)cc2C[C@H]1C. The Kier molecular flexibility index (Phi) is 5.02. The molecule has 1 aliphatic carbocycles. The van der Waals surface area contributed by atoms with Gasteiger partial charge in [0.2, 0.25) is 15.9 Å². The minimum absolute atomic E-state index is 0.0542. The molecule has 0 saturated heterocycles. The number of anilines is 1. The van der Waals surface area contributed by atoms with Gasteiger partial charge >= 0.3 is 0 Å². The lowest BCUT2D eigenvalue weighted by atomic mass is 9.88. The van der Waals surface area contributed by atoms with Gasteiger partial charge < -0.3 is 4.90 Å². The highest BCUT2D eigenvalue weighted by molar-refractivity contribution is 7.89. The lowest BCUT2D eigenvalue weighted by Crippen LogP contribution is -2.35. The molecule has 0 spiro atoms. The first-order valence-electron chi connectivity index (χ1n) is 9.96. The summed E-state index contributed by atoms with van der Waals surface area (Å²) >= 11 is 0. The molecule has 0 radical (unpaired) electrons. The molecule has 2 aromatic carbocycles. The lowest BCUT2D eigenvalue weighted by molar-refractivity contribution is -0.118. The van der Waals surface area contributed by atoms with Crippen LogP contribution in [0, 0.1) is 0 Å². The average molecular weight is 399 g/mol. The molecule has 2 aliphatic rings. The first kappa shape index (κ1) is 19.2. The third-order valence-electron chi connectivity index (χ3n) is 5.81. The van der Waals surface area contributed by atoms with E-state index in [1.165, 1.54) is 5.56 Å². The molecule has 4 rings (SSSR count). The van der Waals surface area contributed by atoms with E-state index in [0.29, 0.717) is 12.8 Å². The summed E-state index contributed by atoms with van der Waals surface area (Å²) in [5.74, 6) is 0.0683. The van der Waals surface area contributed by atoms with Crippen LogP contribution in [0.1, 0.15) is 55.8 Å². The lowest BCUT2D eigenvalue weighted by Gasteiger charge is -2.26. The van der Waals surface area contributed by atoms with Crippen molar-refractivity contribution in [2.45, 2.75) is 62.9 Å². The maximum Gasteiger partial charge on any atom is 0.241 e. The van der Waals surface area contributed by atoms with Gasteiger partial charge in [-0.05, 0) is 67.5 Å². The van der Waals surface area contributed by atoms with Gasteiger partial charge in [-0.3, -0.25) is 4.79 Å². The summed E-state index contributed by atoms with van der Waals surface area (Å²) in [6.07, 6.45) is 3.88. The van der Waals surface area contributed by atoms with Crippen molar-refractivity contribution in [3.63, 3.8) is 0 Å². The van der Waals surface area contributed by atoms with Crippen molar-refractivity contribution < 1.29 is 13.2 Å². The molecule has 1 N–H and O–H groups in total. The van der Waals surface area contributed by atoms with Gasteiger partial charge in [0.15, 0.2) is 0 Å². The van der Waals surface area contributed by atoms with Crippen molar-refractivity contribution in [3.05, 3.63) is 59.2 Å². The number of sulfonamides is 1. The summed E-state index contributed by atoms with van der Waals surface area (Å²) in [7, 11) is -3.64. The van der Waals surface area contributed by atoms with E-state index in [1.807, 2.05) is 32.0 Å². The number of nitrogens with one attached hydrogen (secondary N) is 1. The van der Waals surface area contributed by atoms with Crippen LogP contribution in [-0.4, -0.2) is 20.4 Å². The minimum Gasteiger partial charge on any atom is -0.309 e. The Morgan fingerprint density at radius 3 is 2.75 bits per heavy atom. The largest absolute Gasteiger partial charge is 0.309 e. The Labute approximate surface area is 166 Å². The van der Waals surface area contributed by atoms with Crippen molar-refractivity contribution in [1.29, 1.82) is 0 Å². The maximum atomic E-state index is 13.1. The summed E-state index contributed by atoms with van der Waals surface area (Å²) in [6.45, 7) is 3.84. The Morgan fingerprint density at radius 1 is 1.18 bits per heavy atom. The number of aryl methyl sites for hydroxylation is 1. The first-order chi connectivity index (χ1) is 13.4. The van der Waals surface area contributed by atoms with Crippen molar-refractivity contribution in [3.8, 4) is 0 Å². The smallest absolute Gasteiger partial charge is 0.241 e. The van der Waals surface area contributed by atoms with E-state index in [1.54, 1.807) is 23.1 Å². The molecular formula is C22H26N2O3S. The summed E-state index contributed by atoms with van der Waals surface area (Å²) in [4.78, 5) is 14.3. The molecule has 0 unspecified atom stereocenters. The van der Waals surface area contributed by atoms with Crippen LogP contribution < -0.4 is 9.62 Å². The fourth-order valence-electron chi connectivity index (χ4n) is 4.46. The van der Waals surface area contributed by atoms with Crippen LogP contribution >= 0.6 is 0 Å². The molecule has 0 saturated carbocycles. The van der Waals surface area contributed by atoms with Crippen LogP contribution in [0.2, 0.25) is 0 Å². The highest BCUT2D eigenvalue weighted by Gasteiger charge is 2.32. The van der Waals surface area contributed by atoms with E-state index in [-0.39, 0.29) is 22.9 Å². The average Bonchev–Trinajstić information content (AvgIpc) is 3.02. The van der Waals surface area contributed by atoms with Crippen molar-refractivity contribution >= 4 is 21.6 Å². The highest BCUT2D eigenvalue weighted by atomic mass is 32.2. The Morgan fingerprint density at radius 2 is 1.96 bits per heavy atom. The summed E-state index contributed by atoms with van der Waals surface area (Å²) in [6, 6.07) is 13.0. The van der Waals surface area contributed by atoms with Gasteiger partial charge in [0.05, 0.1) is 4.90 Å². The number of nitrogens with zero attached hydrogens (tertiary/aromatic N) is 1. The summed E-state index contributed by atoms with van der Waals surface area (Å²) < 4.78 is 29.0. The van der Waals surface area contributed by atoms with Gasteiger partial charge in [-0.1, -0.05) is 31.2 Å². The van der Waals surface area contributed by atoms with Crippen molar-refractivity contribution in [1.82, 2.24) is 4.72 Å². The van der Waals surface area contributed by atoms with E-state index >= 15 is 0 Å². The fourth-order valence-corrected chi connectivity index (χ4v) is 5.76. The van der Waals surface area contributed by atoms with Crippen LogP contribution in [0.4, 0.5) is 5.69 Å². The second-order valence-electron chi connectivity index (χ2n) is 7.73. The Balaban J connectivity index is 1.62. The van der Waals surface area contributed by atoms with E-state index in [2.05, 4.69) is 10.8 Å². The minimum atomic E-state index is -3.64. The van der Waals surface area contributed by atoms with Gasteiger partial charge in [-0.2, -0.15) is 0 Å². The standard InChI is InChI=1S/C22H26N2O3S/c1-3-22(25)24-15(2)13-17-14-18(11-12-21(17)24)28(26,27)23-20-10-6-8-16-7-4-5-9-19(16)20/h4-5,7,9,11-12,14-15,20,23H,3,6,8,10,13H2,1-2H3/t15-,20-/m1/s1. The highest BCUT2D eigenvalue weighted by Crippen LogP contribution is 2.35. The first-order valence-corrected chi connectivity index (χ1v) is 11.4. The Hall–Kier alpha value is -2.18. The summed E-state index contributed by atoms with van der Waals surface area (Å²) in [5.41, 5.74) is 4.05. The van der Waals surface area contributed by atoms with Gasteiger partial charge in [0.1, 0.15) is 0 Å². The normalized spacial score (nSPS) is 21.3. The molecule has 5 nitrogen and oxygen atoms in total. The molecule has 148 valence electrons. The zero-order valence-electron chi connectivity index (χ0n) is 16.3. The second-order valence-corrected chi connectivity index (χ2v) is 9.44. The van der Waals surface area contributed by atoms with Gasteiger partial charge in [0.25, 0.3) is 0 Å². The van der Waals surface area contributed by atoms with Gasteiger partial charge in [0, 0.05) is 24.2 Å². The second kappa shape index (κ2) is 7.33. The number of rotatable bonds is 4. The molecule has 0 bridgehead atoms. The molecule has 2 aromatic rings. The molecule has 28 heavy (non-hydrogen) atoms. The van der Waals surface area contributed by atoms with E-state index < -0.39 is 10.0 Å². The zero-order chi connectivity index (χ0) is 19.9. The number of carbonyl (C=O) groups is 1. The van der Waals surface area contributed by atoms with E-state index in [9.17, 15) is 13.2 Å². The zero-order valence-corrected chi connectivity index (χ0v) is 17.1. The molecule has 1 heterocycles. The molecule has 6 heteroatoms. The van der Waals surface area contributed by atoms with Crippen LogP contribution in [0.3, 0.4) is 0 Å². The molecule has 1 aliphatic heterocycles. The van der Waals surface area contributed by atoms with Crippen LogP contribution in [0.5, 0.6) is 0 Å². The van der Waals surface area contributed by atoms with Crippen LogP contribution in [0.15, 0.2) is 47.4 Å². The third kappa shape index (κ3) is 3.35. The number of fused-ring (bicyclic) bond motifs is 2. The number of benzene rings is 2. The molecule has 0 aromatic heterocycles. The third-order valence-corrected chi connectivity index (χ3v) is 7.28. The van der Waals surface area contributed by atoms with Crippen molar-refractivity contribution in [2.75, 3.05) is 4.90 Å². The topological polar surface area (TPSA) is 66.5 Å². The van der Waals surface area contributed by atoms with Gasteiger partial charge in [-0.25, -0.2) is 13.1 Å². The number of hydrogen-bond acceptors (Lipinski definition) is 3. The number of carbonyl (C=O) groups excluding carboxylic acids is 1. The van der Waals surface area contributed by atoms with Crippen LogP contribution in [-0.2, 0) is 27.7 Å². The van der Waals surface area contributed by atoms with E-state index in [0.717, 1.165) is 36.1 Å². The monoisotopic (exact) mass is 398 g/mol. The fraction of sp³-hybridized carbons (Fsp3) is 0.409. The number of amides is 1. The predicted octanol–water partition coefficient (Wildman–Crippen LogP) is 3.73. The van der Waals surface area contributed by atoms with Gasteiger partial charge in [-0.15, -0.1) is 0 Å². The summed E-state index contributed by atoms with van der Waals surface area (Å²) in [5, 5.41) is 0. The molecule has 2 atom stereocenters. The Bertz CT molecular complexity index is 1020. The quantitative estimate of drug-likeness (QED) is 0.853. The predicted molar refractivity (Wildman–Crippen MR) is 110 cm³/mol. The maximum absolute atomic E-state index is 13.1. The van der Waals surface area contributed by atoms with E-state index in [4.69, 9.17) is 0 Å². The molecular weight excluding hydrogens is 372 g/mol. The van der Waals surface area contributed by atoms with Crippen molar-refractivity contribution in [2.24, 2.45) is 0 Å². The molecule has 0 fully saturated rings. The van der Waals surface area contributed by atoms with Crippen LogP contribution in [0.25, 0.3) is 0 Å². The molecule has 1 amide bonds. The number of hydrogen-bond donors (Lipinski definition) is 1.